The van der Waals surface area contributed by atoms with Gasteiger partial charge in [0, 0.05) is 11.8 Å². The average Bonchev–Trinajstić information content (AvgIpc) is 2.93. The standard InChI is InChI=1S/C16H17N3S2/c1-11-18-19-16(21-11)20-10-15(17-2)14-9-5-7-12-6-3-4-8-13(12)14/h3-9,15,17H,10H2,1-2H3. The Labute approximate surface area is 132 Å². The van der Waals surface area contributed by atoms with Crippen LogP contribution in [-0.4, -0.2) is 23.0 Å². The number of rotatable bonds is 5. The largest absolute Gasteiger partial charge is 0.312 e. The average molecular weight is 315 g/mol. The summed E-state index contributed by atoms with van der Waals surface area (Å²) in [5.41, 5.74) is 1.34. The van der Waals surface area contributed by atoms with Crippen LogP contribution in [-0.2, 0) is 0 Å². The van der Waals surface area contributed by atoms with Crippen LogP contribution in [0.2, 0.25) is 0 Å². The summed E-state index contributed by atoms with van der Waals surface area (Å²) in [6.07, 6.45) is 0. The van der Waals surface area contributed by atoms with Crippen molar-refractivity contribution in [2.24, 2.45) is 0 Å². The van der Waals surface area contributed by atoms with Crippen LogP contribution >= 0.6 is 23.1 Å². The number of thioether (sulfide) groups is 1. The molecule has 0 saturated carbocycles. The Morgan fingerprint density at radius 3 is 2.71 bits per heavy atom. The third-order valence-electron chi connectivity index (χ3n) is 3.43. The van der Waals surface area contributed by atoms with Gasteiger partial charge in [0.25, 0.3) is 0 Å². The van der Waals surface area contributed by atoms with Crippen molar-refractivity contribution >= 4 is 33.9 Å². The van der Waals surface area contributed by atoms with Gasteiger partial charge in [0.05, 0.1) is 0 Å². The smallest absolute Gasteiger partial charge is 0.174 e. The third kappa shape index (κ3) is 3.26. The highest BCUT2D eigenvalue weighted by molar-refractivity contribution is 8.01. The van der Waals surface area contributed by atoms with Crippen molar-refractivity contribution in [3.05, 3.63) is 53.0 Å². The molecule has 2 aromatic carbocycles. The van der Waals surface area contributed by atoms with Gasteiger partial charge in [-0.1, -0.05) is 65.6 Å². The number of benzene rings is 2. The first-order valence-corrected chi connectivity index (χ1v) is 8.66. The number of hydrogen-bond acceptors (Lipinski definition) is 5. The summed E-state index contributed by atoms with van der Waals surface area (Å²) < 4.78 is 1.04. The molecule has 3 aromatic rings. The molecule has 1 aromatic heterocycles. The predicted octanol–water partition coefficient (Wildman–Crippen LogP) is 4.05. The van der Waals surface area contributed by atoms with Gasteiger partial charge in [0.2, 0.25) is 0 Å². The fourth-order valence-electron chi connectivity index (χ4n) is 2.37. The lowest BCUT2D eigenvalue weighted by Crippen LogP contribution is -2.19. The Morgan fingerprint density at radius 2 is 1.95 bits per heavy atom. The van der Waals surface area contributed by atoms with Gasteiger partial charge < -0.3 is 5.32 Å². The molecule has 1 atom stereocenters. The number of hydrogen-bond donors (Lipinski definition) is 1. The van der Waals surface area contributed by atoms with Gasteiger partial charge in [0.15, 0.2) is 4.34 Å². The molecule has 3 rings (SSSR count). The molecule has 5 heteroatoms. The topological polar surface area (TPSA) is 37.8 Å². The quantitative estimate of drug-likeness (QED) is 0.721. The Morgan fingerprint density at radius 1 is 1.14 bits per heavy atom. The monoisotopic (exact) mass is 315 g/mol. The van der Waals surface area contributed by atoms with Crippen molar-refractivity contribution in [3.8, 4) is 0 Å². The molecule has 0 amide bonds. The van der Waals surface area contributed by atoms with Crippen LogP contribution in [0.4, 0.5) is 0 Å². The minimum Gasteiger partial charge on any atom is -0.312 e. The maximum atomic E-state index is 4.18. The molecule has 21 heavy (non-hydrogen) atoms. The zero-order chi connectivity index (χ0) is 14.7. The zero-order valence-corrected chi connectivity index (χ0v) is 13.7. The van der Waals surface area contributed by atoms with Gasteiger partial charge in [-0.15, -0.1) is 10.2 Å². The van der Waals surface area contributed by atoms with Crippen LogP contribution in [0.1, 0.15) is 16.6 Å². The summed E-state index contributed by atoms with van der Waals surface area (Å²) in [4.78, 5) is 0. The SMILES string of the molecule is CNC(CSc1nnc(C)s1)c1cccc2ccccc12. The third-order valence-corrected chi connectivity index (χ3v) is 5.49. The lowest BCUT2D eigenvalue weighted by molar-refractivity contribution is 0.666. The van der Waals surface area contributed by atoms with Crippen LogP contribution in [0.3, 0.4) is 0 Å². The van der Waals surface area contributed by atoms with E-state index in [1.54, 1.807) is 23.1 Å². The lowest BCUT2D eigenvalue weighted by Gasteiger charge is -2.17. The van der Waals surface area contributed by atoms with E-state index in [-0.39, 0.29) is 0 Å². The van der Waals surface area contributed by atoms with Gasteiger partial charge in [-0.05, 0) is 30.3 Å². The van der Waals surface area contributed by atoms with Gasteiger partial charge in [-0.25, -0.2) is 0 Å². The molecule has 0 saturated heterocycles. The molecule has 1 N–H and O–H groups in total. The molecule has 0 radical (unpaired) electrons. The molecule has 108 valence electrons. The molecule has 0 bridgehead atoms. The molecule has 0 aliphatic carbocycles. The number of nitrogens with one attached hydrogen (secondary N) is 1. The van der Waals surface area contributed by atoms with E-state index in [4.69, 9.17) is 0 Å². The molecule has 0 aliphatic heterocycles. The van der Waals surface area contributed by atoms with Crippen molar-refractivity contribution in [1.82, 2.24) is 15.5 Å². The second-order valence-electron chi connectivity index (χ2n) is 4.81. The van der Waals surface area contributed by atoms with E-state index < -0.39 is 0 Å². The van der Waals surface area contributed by atoms with Crippen LogP contribution in [0.5, 0.6) is 0 Å². The van der Waals surface area contributed by atoms with Crippen molar-refractivity contribution < 1.29 is 0 Å². The van der Waals surface area contributed by atoms with Crippen molar-refractivity contribution in [2.75, 3.05) is 12.8 Å². The highest BCUT2D eigenvalue weighted by Gasteiger charge is 2.14. The van der Waals surface area contributed by atoms with Crippen LogP contribution in [0.15, 0.2) is 46.8 Å². The number of fused-ring (bicyclic) bond motifs is 1. The van der Waals surface area contributed by atoms with E-state index in [1.165, 1.54) is 16.3 Å². The molecule has 3 nitrogen and oxygen atoms in total. The van der Waals surface area contributed by atoms with E-state index in [0.717, 1.165) is 15.1 Å². The Kier molecular flexibility index (Phi) is 4.53. The maximum absolute atomic E-state index is 4.18. The fourth-order valence-corrected chi connectivity index (χ4v) is 4.35. The Bertz CT molecular complexity index is 734. The number of nitrogens with zero attached hydrogens (tertiary/aromatic N) is 2. The van der Waals surface area contributed by atoms with E-state index in [0.29, 0.717) is 6.04 Å². The minimum absolute atomic E-state index is 0.297. The molecule has 0 fully saturated rings. The molecule has 0 spiro atoms. The summed E-state index contributed by atoms with van der Waals surface area (Å²) >= 11 is 3.41. The first-order chi connectivity index (χ1) is 10.3. The van der Waals surface area contributed by atoms with Gasteiger partial charge in [-0.3, -0.25) is 0 Å². The summed E-state index contributed by atoms with van der Waals surface area (Å²) in [6.45, 7) is 1.99. The van der Waals surface area contributed by atoms with E-state index in [9.17, 15) is 0 Å². The normalized spacial score (nSPS) is 12.7. The molecule has 1 unspecified atom stereocenters. The van der Waals surface area contributed by atoms with Gasteiger partial charge in [-0.2, -0.15) is 0 Å². The van der Waals surface area contributed by atoms with Gasteiger partial charge >= 0.3 is 0 Å². The second-order valence-corrected chi connectivity index (χ2v) is 7.26. The molecule has 0 aliphatic rings. The maximum Gasteiger partial charge on any atom is 0.174 e. The summed E-state index contributed by atoms with van der Waals surface area (Å²) in [7, 11) is 2.01. The first kappa shape index (κ1) is 14.5. The Hall–Kier alpha value is -1.43. The molecule has 1 heterocycles. The summed E-state index contributed by atoms with van der Waals surface area (Å²) in [5.74, 6) is 0.944. The van der Waals surface area contributed by atoms with Crippen LogP contribution < -0.4 is 5.32 Å². The van der Waals surface area contributed by atoms with E-state index in [1.807, 2.05) is 14.0 Å². The second kappa shape index (κ2) is 6.56. The molecular weight excluding hydrogens is 298 g/mol. The van der Waals surface area contributed by atoms with E-state index in [2.05, 4.69) is 58.0 Å². The number of aryl methyl sites for hydroxylation is 1. The summed E-state index contributed by atoms with van der Waals surface area (Å²) in [6, 6.07) is 15.3. The lowest BCUT2D eigenvalue weighted by atomic mass is 10.00. The fraction of sp³-hybridized carbons (Fsp3) is 0.250. The first-order valence-electron chi connectivity index (χ1n) is 6.86. The van der Waals surface area contributed by atoms with Crippen molar-refractivity contribution in [2.45, 2.75) is 17.3 Å². The zero-order valence-electron chi connectivity index (χ0n) is 12.0. The highest BCUT2D eigenvalue weighted by atomic mass is 32.2. The van der Waals surface area contributed by atoms with Crippen LogP contribution in [0.25, 0.3) is 10.8 Å². The summed E-state index contributed by atoms with van der Waals surface area (Å²) in [5, 5.41) is 15.3. The highest BCUT2D eigenvalue weighted by Crippen LogP contribution is 2.30. The molecular formula is C16H17N3S2. The predicted molar refractivity (Wildman–Crippen MR) is 91.1 cm³/mol. The van der Waals surface area contributed by atoms with Gasteiger partial charge in [0.1, 0.15) is 5.01 Å². The van der Waals surface area contributed by atoms with Crippen molar-refractivity contribution in [1.29, 1.82) is 0 Å². The Balaban J connectivity index is 1.84. The number of aromatic nitrogens is 2. The van der Waals surface area contributed by atoms with Crippen molar-refractivity contribution in [3.63, 3.8) is 0 Å². The minimum atomic E-state index is 0.297. The van der Waals surface area contributed by atoms with E-state index >= 15 is 0 Å². The van der Waals surface area contributed by atoms with Crippen LogP contribution in [0, 0.1) is 6.92 Å².